The summed E-state index contributed by atoms with van der Waals surface area (Å²) in [4.78, 5) is 12.8. The Balaban J connectivity index is 1.89. The number of nitriles is 1. The summed E-state index contributed by atoms with van der Waals surface area (Å²) in [6.45, 7) is 4.06. The maximum Gasteiger partial charge on any atom is 0.266 e. The molecular formula is C25H19Br2FN2O2. The van der Waals surface area contributed by atoms with Gasteiger partial charge in [0, 0.05) is 15.7 Å². The van der Waals surface area contributed by atoms with Gasteiger partial charge in [0.05, 0.1) is 4.47 Å². The number of rotatable bonds is 6. The number of halogens is 3. The predicted octanol–water partition coefficient (Wildman–Crippen LogP) is 7.09. The second-order valence-corrected chi connectivity index (χ2v) is 8.93. The Morgan fingerprint density at radius 2 is 1.84 bits per heavy atom. The van der Waals surface area contributed by atoms with Gasteiger partial charge in [-0.1, -0.05) is 45.8 Å². The first-order chi connectivity index (χ1) is 15.3. The molecule has 0 radical (unpaired) electrons. The summed E-state index contributed by atoms with van der Waals surface area (Å²) in [6, 6.07) is 17.2. The van der Waals surface area contributed by atoms with Gasteiger partial charge >= 0.3 is 0 Å². The number of anilines is 1. The minimum atomic E-state index is -0.514. The van der Waals surface area contributed by atoms with Gasteiger partial charge in [0.2, 0.25) is 0 Å². The van der Waals surface area contributed by atoms with Crippen molar-refractivity contribution in [2.45, 2.75) is 20.5 Å². The van der Waals surface area contributed by atoms with E-state index < -0.39 is 5.91 Å². The lowest BCUT2D eigenvalue weighted by atomic mass is 10.1. The second-order valence-electron chi connectivity index (χ2n) is 7.16. The molecule has 4 nitrogen and oxygen atoms in total. The number of nitrogens with zero attached hydrogens (tertiary/aromatic N) is 1. The molecule has 0 saturated heterocycles. The zero-order valence-corrected chi connectivity index (χ0v) is 20.6. The highest BCUT2D eigenvalue weighted by Crippen LogP contribution is 2.35. The van der Waals surface area contributed by atoms with Crippen molar-refractivity contribution in [2.24, 2.45) is 0 Å². The van der Waals surface area contributed by atoms with Gasteiger partial charge in [-0.25, -0.2) is 4.39 Å². The van der Waals surface area contributed by atoms with Crippen LogP contribution >= 0.6 is 31.9 Å². The molecule has 0 heterocycles. The van der Waals surface area contributed by atoms with E-state index in [9.17, 15) is 14.4 Å². The summed E-state index contributed by atoms with van der Waals surface area (Å²) in [5.41, 5.74) is 3.89. The number of carbonyl (C=O) groups is 1. The fraction of sp³-hybridized carbons (Fsp3) is 0.120. The molecule has 3 aromatic carbocycles. The first kappa shape index (κ1) is 23.7. The molecule has 0 aliphatic carbocycles. The molecule has 3 aromatic rings. The number of hydrogen-bond donors (Lipinski definition) is 1. The van der Waals surface area contributed by atoms with Crippen molar-refractivity contribution in [3.63, 3.8) is 0 Å². The van der Waals surface area contributed by atoms with Gasteiger partial charge in [0.25, 0.3) is 5.91 Å². The van der Waals surface area contributed by atoms with Crippen molar-refractivity contribution in [1.29, 1.82) is 5.26 Å². The van der Waals surface area contributed by atoms with Crippen LogP contribution in [0.2, 0.25) is 0 Å². The van der Waals surface area contributed by atoms with E-state index in [0.717, 1.165) is 21.2 Å². The van der Waals surface area contributed by atoms with E-state index in [1.54, 1.807) is 24.3 Å². The van der Waals surface area contributed by atoms with Crippen LogP contribution in [-0.4, -0.2) is 5.91 Å². The molecule has 7 heteroatoms. The van der Waals surface area contributed by atoms with Crippen molar-refractivity contribution in [3.05, 3.63) is 97.2 Å². The summed E-state index contributed by atoms with van der Waals surface area (Å²) < 4.78 is 20.5. The normalized spacial score (nSPS) is 11.1. The Morgan fingerprint density at radius 1 is 1.12 bits per heavy atom. The average Bonchev–Trinajstić information content (AvgIpc) is 2.74. The number of hydrogen-bond acceptors (Lipinski definition) is 3. The molecule has 0 unspecified atom stereocenters. The van der Waals surface area contributed by atoms with Gasteiger partial charge in [-0.15, -0.1) is 0 Å². The molecule has 0 aliphatic heterocycles. The molecule has 0 aliphatic rings. The second kappa shape index (κ2) is 10.6. The predicted molar refractivity (Wildman–Crippen MR) is 131 cm³/mol. The molecule has 0 atom stereocenters. The van der Waals surface area contributed by atoms with Crippen molar-refractivity contribution in [2.75, 3.05) is 5.32 Å². The van der Waals surface area contributed by atoms with Gasteiger partial charge in [-0.3, -0.25) is 4.79 Å². The van der Waals surface area contributed by atoms with E-state index in [-0.39, 0.29) is 18.0 Å². The van der Waals surface area contributed by atoms with Crippen molar-refractivity contribution in [1.82, 2.24) is 0 Å². The molecule has 1 N–H and O–H groups in total. The SMILES string of the molecule is Cc1ccc(NC(=O)/C(C#N)=C/c2cc(Br)cc(Br)c2OCc2ccc(F)cc2)c(C)c1. The number of ether oxygens (including phenoxy) is 1. The molecule has 162 valence electrons. The Labute approximate surface area is 203 Å². The van der Waals surface area contributed by atoms with Crippen LogP contribution in [0.15, 0.2) is 69.1 Å². The topological polar surface area (TPSA) is 62.1 Å². The summed E-state index contributed by atoms with van der Waals surface area (Å²) in [7, 11) is 0. The number of aryl methyl sites for hydroxylation is 2. The van der Waals surface area contributed by atoms with Gasteiger partial charge in [0.15, 0.2) is 0 Å². The van der Waals surface area contributed by atoms with E-state index in [1.165, 1.54) is 18.2 Å². The van der Waals surface area contributed by atoms with Crippen LogP contribution in [-0.2, 0) is 11.4 Å². The quantitative estimate of drug-likeness (QED) is 0.260. The highest BCUT2D eigenvalue weighted by molar-refractivity contribution is 9.11. The summed E-state index contributed by atoms with van der Waals surface area (Å²) in [5.74, 6) is -0.375. The lowest BCUT2D eigenvalue weighted by Gasteiger charge is -2.13. The maximum absolute atomic E-state index is 13.2. The molecule has 3 rings (SSSR count). The van der Waals surface area contributed by atoms with Crippen molar-refractivity contribution < 1.29 is 13.9 Å². The Kier molecular flexibility index (Phi) is 7.84. The van der Waals surface area contributed by atoms with Crippen molar-refractivity contribution in [3.8, 4) is 11.8 Å². The van der Waals surface area contributed by atoms with Crippen LogP contribution in [0.1, 0.15) is 22.3 Å². The van der Waals surface area contributed by atoms with Crippen LogP contribution in [0.3, 0.4) is 0 Å². The number of amides is 1. The monoisotopic (exact) mass is 556 g/mol. The molecule has 32 heavy (non-hydrogen) atoms. The summed E-state index contributed by atoms with van der Waals surface area (Å²) in [5, 5.41) is 12.4. The average molecular weight is 558 g/mol. The molecule has 0 spiro atoms. The molecule has 0 fully saturated rings. The lowest BCUT2D eigenvalue weighted by Crippen LogP contribution is -2.14. The molecule has 0 aromatic heterocycles. The lowest BCUT2D eigenvalue weighted by molar-refractivity contribution is -0.112. The minimum Gasteiger partial charge on any atom is -0.487 e. The molecule has 0 saturated carbocycles. The van der Waals surface area contributed by atoms with Crippen LogP contribution in [0.4, 0.5) is 10.1 Å². The van der Waals surface area contributed by atoms with E-state index in [1.807, 2.05) is 38.1 Å². The minimum absolute atomic E-state index is 0.0680. The van der Waals surface area contributed by atoms with Crippen LogP contribution < -0.4 is 10.1 Å². The zero-order chi connectivity index (χ0) is 23.3. The first-order valence-corrected chi connectivity index (χ1v) is 11.2. The maximum atomic E-state index is 13.2. The fourth-order valence-corrected chi connectivity index (χ4v) is 4.40. The third kappa shape index (κ3) is 6.06. The summed E-state index contributed by atoms with van der Waals surface area (Å²) in [6.07, 6.45) is 1.48. The highest BCUT2D eigenvalue weighted by Gasteiger charge is 2.15. The summed E-state index contributed by atoms with van der Waals surface area (Å²) >= 11 is 6.90. The number of carbonyl (C=O) groups excluding carboxylic acids is 1. The Bertz CT molecular complexity index is 1230. The van der Waals surface area contributed by atoms with E-state index in [2.05, 4.69) is 37.2 Å². The number of benzene rings is 3. The van der Waals surface area contributed by atoms with Gasteiger partial charge in [0.1, 0.15) is 29.8 Å². The smallest absolute Gasteiger partial charge is 0.266 e. The number of nitrogens with one attached hydrogen (secondary N) is 1. The van der Waals surface area contributed by atoms with Crippen molar-refractivity contribution >= 4 is 49.5 Å². The Hall–Kier alpha value is -2.95. The molecular weight excluding hydrogens is 539 g/mol. The van der Waals surface area contributed by atoms with Gasteiger partial charge in [-0.2, -0.15) is 5.26 Å². The largest absolute Gasteiger partial charge is 0.487 e. The molecule has 0 bridgehead atoms. The standard InChI is InChI=1S/C25H19Br2FN2O2/c1-15-3-8-23(16(2)9-15)30-25(31)19(13-29)10-18-11-20(26)12-22(27)24(18)32-14-17-4-6-21(28)7-5-17/h3-12H,14H2,1-2H3,(H,30,31)/b19-10+. The molecule has 1 amide bonds. The third-order valence-corrected chi connectivity index (χ3v) is 5.68. The van der Waals surface area contributed by atoms with Gasteiger partial charge in [-0.05, 0) is 77.3 Å². The van der Waals surface area contributed by atoms with E-state index in [4.69, 9.17) is 4.74 Å². The first-order valence-electron chi connectivity index (χ1n) is 9.63. The Morgan fingerprint density at radius 3 is 2.50 bits per heavy atom. The third-order valence-electron chi connectivity index (χ3n) is 4.63. The zero-order valence-electron chi connectivity index (χ0n) is 17.4. The van der Waals surface area contributed by atoms with Crippen LogP contribution in [0.25, 0.3) is 6.08 Å². The van der Waals surface area contributed by atoms with E-state index in [0.29, 0.717) is 21.5 Å². The van der Waals surface area contributed by atoms with Gasteiger partial charge < -0.3 is 10.1 Å². The highest BCUT2D eigenvalue weighted by atomic mass is 79.9. The van der Waals surface area contributed by atoms with E-state index >= 15 is 0 Å². The fourth-order valence-electron chi connectivity index (χ4n) is 3.02. The van der Waals surface area contributed by atoms with Crippen LogP contribution in [0, 0.1) is 31.0 Å². The van der Waals surface area contributed by atoms with Crippen LogP contribution in [0.5, 0.6) is 5.75 Å².